The number of furan rings is 1. The van der Waals surface area contributed by atoms with Crippen LogP contribution >= 0.6 is 0 Å². The smallest absolute Gasteiger partial charge is 0.326 e. The summed E-state index contributed by atoms with van der Waals surface area (Å²) in [6, 6.07) is 4.73. The first-order chi connectivity index (χ1) is 12.5. The number of aromatic nitrogens is 1. The predicted octanol–water partition coefficient (Wildman–Crippen LogP) is 2.17. The predicted molar refractivity (Wildman–Crippen MR) is 94.6 cm³/mol. The molecule has 2 aromatic rings. The maximum absolute atomic E-state index is 12.7. The normalized spacial score (nSPS) is 20.3. The van der Waals surface area contributed by atoms with Crippen molar-refractivity contribution in [2.24, 2.45) is 0 Å². The van der Waals surface area contributed by atoms with E-state index >= 15 is 0 Å². The summed E-state index contributed by atoms with van der Waals surface area (Å²) in [4.78, 5) is 32.3. The first kappa shape index (κ1) is 18.1. The molecule has 0 aliphatic carbocycles. The molecule has 0 radical (unpaired) electrons. The summed E-state index contributed by atoms with van der Waals surface area (Å²) in [6.45, 7) is 2.81. The van der Waals surface area contributed by atoms with Crippen LogP contribution in [-0.2, 0) is 11.3 Å². The molecule has 0 saturated carbocycles. The number of hydrogen-bond donors (Lipinski definition) is 1. The van der Waals surface area contributed by atoms with Crippen LogP contribution < -0.4 is 0 Å². The van der Waals surface area contributed by atoms with Gasteiger partial charge in [0.2, 0.25) is 0 Å². The van der Waals surface area contributed by atoms with Crippen LogP contribution in [0.2, 0.25) is 0 Å². The molecule has 0 spiro atoms. The molecule has 1 aliphatic heterocycles. The zero-order valence-electron chi connectivity index (χ0n) is 15.0. The van der Waals surface area contributed by atoms with Crippen molar-refractivity contribution >= 4 is 11.9 Å². The third kappa shape index (κ3) is 3.77. The molecule has 2 unspecified atom stereocenters. The molecule has 7 nitrogen and oxygen atoms in total. The molecule has 1 N–H and O–H groups in total. The number of carbonyl (C=O) groups is 2. The van der Waals surface area contributed by atoms with Gasteiger partial charge in [-0.1, -0.05) is 6.07 Å². The molecule has 138 valence electrons. The van der Waals surface area contributed by atoms with Gasteiger partial charge >= 0.3 is 5.97 Å². The van der Waals surface area contributed by atoms with E-state index in [1.54, 1.807) is 19.2 Å². The topological polar surface area (TPSA) is 86.9 Å². The van der Waals surface area contributed by atoms with Crippen molar-refractivity contribution in [3.8, 4) is 0 Å². The quantitative estimate of drug-likeness (QED) is 0.882. The molecule has 1 saturated heterocycles. The Hall–Kier alpha value is -2.67. The minimum atomic E-state index is -0.973. The van der Waals surface area contributed by atoms with E-state index in [-0.39, 0.29) is 11.9 Å². The average molecular weight is 357 g/mol. The van der Waals surface area contributed by atoms with Gasteiger partial charge in [0, 0.05) is 31.5 Å². The fourth-order valence-corrected chi connectivity index (χ4v) is 3.49. The molecular weight excluding hydrogens is 334 g/mol. The SMILES string of the molecule is Cc1occc1C(=O)N1CCC(N(C)Cc2cccnc2)CC1C(=O)O. The van der Waals surface area contributed by atoms with Crippen LogP contribution in [0.4, 0.5) is 0 Å². The van der Waals surface area contributed by atoms with Gasteiger partial charge in [-0.3, -0.25) is 14.7 Å². The first-order valence-corrected chi connectivity index (χ1v) is 8.64. The van der Waals surface area contributed by atoms with Crippen LogP contribution in [-0.4, -0.2) is 57.4 Å². The molecule has 2 aromatic heterocycles. The molecular formula is C19H23N3O4. The molecule has 7 heteroatoms. The van der Waals surface area contributed by atoms with Crippen molar-refractivity contribution < 1.29 is 19.1 Å². The van der Waals surface area contributed by atoms with Crippen molar-refractivity contribution in [2.75, 3.05) is 13.6 Å². The molecule has 3 heterocycles. The third-order valence-electron chi connectivity index (χ3n) is 4.99. The lowest BCUT2D eigenvalue weighted by Gasteiger charge is -2.40. The highest BCUT2D eigenvalue weighted by atomic mass is 16.4. The van der Waals surface area contributed by atoms with Crippen molar-refractivity contribution in [1.29, 1.82) is 0 Å². The lowest BCUT2D eigenvalue weighted by atomic mass is 9.95. The van der Waals surface area contributed by atoms with Gasteiger partial charge in [0.15, 0.2) is 0 Å². The van der Waals surface area contributed by atoms with Crippen LogP contribution in [0.1, 0.15) is 34.5 Å². The number of rotatable bonds is 5. The summed E-state index contributed by atoms with van der Waals surface area (Å²) in [5.74, 6) is -0.744. The standard InChI is InChI=1S/C19H23N3O4/c1-13-16(6-9-26-13)18(23)22-8-5-15(10-17(22)19(24)25)21(2)12-14-4-3-7-20-11-14/h3-4,6-7,9,11,15,17H,5,8,10,12H2,1-2H3,(H,24,25). The number of aliphatic carboxylic acids is 1. The second-order valence-corrected chi connectivity index (χ2v) is 6.70. The number of piperidine rings is 1. The molecule has 1 fully saturated rings. The lowest BCUT2D eigenvalue weighted by Crippen LogP contribution is -2.54. The number of pyridine rings is 1. The van der Waals surface area contributed by atoms with Gasteiger partial charge in [0.25, 0.3) is 5.91 Å². The van der Waals surface area contributed by atoms with Gasteiger partial charge in [-0.05, 0) is 44.5 Å². The summed E-state index contributed by atoms with van der Waals surface area (Å²) in [5, 5.41) is 9.67. The molecule has 2 atom stereocenters. The Balaban J connectivity index is 1.71. The molecule has 1 aliphatic rings. The van der Waals surface area contributed by atoms with E-state index in [4.69, 9.17) is 4.42 Å². The Morgan fingerprint density at radius 1 is 1.42 bits per heavy atom. The van der Waals surface area contributed by atoms with Gasteiger partial charge in [-0.2, -0.15) is 0 Å². The van der Waals surface area contributed by atoms with Gasteiger partial charge < -0.3 is 14.4 Å². The third-order valence-corrected chi connectivity index (χ3v) is 4.99. The van der Waals surface area contributed by atoms with Crippen molar-refractivity contribution in [2.45, 2.75) is 38.4 Å². The summed E-state index contributed by atoms with van der Waals surface area (Å²) in [7, 11) is 1.98. The van der Waals surface area contributed by atoms with E-state index in [9.17, 15) is 14.7 Å². The maximum atomic E-state index is 12.7. The van der Waals surface area contributed by atoms with Gasteiger partial charge in [0.05, 0.1) is 11.8 Å². The molecule has 3 rings (SSSR count). The Bertz CT molecular complexity index is 774. The zero-order chi connectivity index (χ0) is 18.7. The number of nitrogens with zero attached hydrogens (tertiary/aromatic N) is 3. The number of likely N-dealkylation sites (tertiary alicyclic amines) is 1. The van der Waals surface area contributed by atoms with Crippen LogP contribution in [0.5, 0.6) is 0 Å². The van der Waals surface area contributed by atoms with E-state index in [1.807, 2.05) is 25.4 Å². The Labute approximate surface area is 152 Å². The molecule has 1 amide bonds. The highest BCUT2D eigenvalue weighted by Crippen LogP contribution is 2.25. The van der Waals surface area contributed by atoms with Gasteiger partial charge in [0.1, 0.15) is 11.8 Å². The van der Waals surface area contributed by atoms with E-state index < -0.39 is 12.0 Å². The molecule has 26 heavy (non-hydrogen) atoms. The minimum absolute atomic E-state index is 0.0887. The highest BCUT2D eigenvalue weighted by Gasteiger charge is 2.38. The summed E-state index contributed by atoms with van der Waals surface area (Å²) in [5.41, 5.74) is 1.51. The van der Waals surface area contributed by atoms with Crippen molar-refractivity contribution in [1.82, 2.24) is 14.8 Å². The van der Waals surface area contributed by atoms with Crippen LogP contribution in [0.15, 0.2) is 41.3 Å². The summed E-state index contributed by atoms with van der Waals surface area (Å²) in [6.07, 6.45) is 6.11. The minimum Gasteiger partial charge on any atom is -0.480 e. The zero-order valence-corrected chi connectivity index (χ0v) is 15.0. The number of carbonyl (C=O) groups excluding carboxylic acids is 1. The Morgan fingerprint density at radius 2 is 2.23 bits per heavy atom. The molecule has 0 aromatic carbocycles. The van der Waals surface area contributed by atoms with Gasteiger partial charge in [-0.15, -0.1) is 0 Å². The number of amides is 1. The van der Waals surface area contributed by atoms with E-state index in [2.05, 4.69) is 9.88 Å². The Morgan fingerprint density at radius 3 is 2.85 bits per heavy atom. The monoisotopic (exact) mass is 357 g/mol. The number of hydrogen-bond acceptors (Lipinski definition) is 5. The van der Waals surface area contributed by atoms with E-state index in [0.717, 1.165) is 12.0 Å². The second kappa shape index (κ2) is 7.70. The second-order valence-electron chi connectivity index (χ2n) is 6.70. The number of carboxylic acid groups (broad SMARTS) is 1. The van der Waals surface area contributed by atoms with Crippen LogP contribution in [0.25, 0.3) is 0 Å². The average Bonchev–Trinajstić information content (AvgIpc) is 3.07. The fraction of sp³-hybridized carbons (Fsp3) is 0.421. The van der Waals surface area contributed by atoms with Crippen molar-refractivity contribution in [3.63, 3.8) is 0 Å². The number of aryl methyl sites for hydroxylation is 1. The van der Waals surface area contributed by atoms with E-state index in [1.165, 1.54) is 11.2 Å². The Kier molecular flexibility index (Phi) is 5.37. The lowest BCUT2D eigenvalue weighted by molar-refractivity contribution is -0.144. The maximum Gasteiger partial charge on any atom is 0.326 e. The number of carboxylic acids is 1. The highest BCUT2D eigenvalue weighted by molar-refractivity contribution is 5.97. The van der Waals surface area contributed by atoms with E-state index in [0.29, 0.717) is 30.8 Å². The summed E-state index contributed by atoms with van der Waals surface area (Å²) >= 11 is 0. The largest absolute Gasteiger partial charge is 0.480 e. The fourth-order valence-electron chi connectivity index (χ4n) is 3.49. The van der Waals surface area contributed by atoms with Crippen molar-refractivity contribution in [3.05, 3.63) is 53.7 Å². The molecule has 0 bridgehead atoms. The first-order valence-electron chi connectivity index (χ1n) is 8.64. The summed E-state index contributed by atoms with van der Waals surface area (Å²) < 4.78 is 5.19. The van der Waals surface area contributed by atoms with Crippen LogP contribution in [0.3, 0.4) is 0 Å². The van der Waals surface area contributed by atoms with Crippen LogP contribution in [0, 0.1) is 6.92 Å². The van der Waals surface area contributed by atoms with Gasteiger partial charge in [-0.25, -0.2) is 4.79 Å².